The normalized spacial score (nSPS) is 13.1. The highest BCUT2D eigenvalue weighted by Gasteiger charge is 2.16. The zero-order valence-corrected chi connectivity index (χ0v) is 8.83. The van der Waals surface area contributed by atoms with Crippen LogP contribution in [0.3, 0.4) is 0 Å². The molecule has 0 saturated heterocycles. The molecule has 2 aromatic heterocycles. The lowest BCUT2D eigenvalue weighted by Crippen LogP contribution is -2.06. The quantitative estimate of drug-likeness (QED) is 0.633. The number of aryl methyl sites for hydroxylation is 2. The van der Waals surface area contributed by atoms with E-state index in [0.717, 1.165) is 18.5 Å². The number of nitrogens with zero attached hydrogens (tertiary/aromatic N) is 2. The van der Waals surface area contributed by atoms with Gasteiger partial charge >= 0.3 is 0 Å². The fourth-order valence-corrected chi connectivity index (χ4v) is 2.20. The predicted octanol–water partition coefficient (Wildman–Crippen LogP) is 2.90. The number of pyridine rings is 2. The van der Waals surface area contributed by atoms with Crippen LogP contribution in [0.15, 0.2) is 30.6 Å². The van der Waals surface area contributed by atoms with Gasteiger partial charge in [0.1, 0.15) is 5.15 Å². The number of fused-ring (bicyclic) bond motifs is 3. The maximum Gasteiger partial charge on any atom is 0.129 e. The zero-order valence-electron chi connectivity index (χ0n) is 8.07. The van der Waals surface area contributed by atoms with Gasteiger partial charge in [-0.1, -0.05) is 17.7 Å². The van der Waals surface area contributed by atoms with Crippen molar-refractivity contribution >= 4 is 11.6 Å². The molecular weight excluding hydrogens is 208 g/mol. The first-order valence-electron chi connectivity index (χ1n) is 4.93. The fourth-order valence-electron chi connectivity index (χ4n) is 2.04. The summed E-state index contributed by atoms with van der Waals surface area (Å²) < 4.78 is 0. The van der Waals surface area contributed by atoms with E-state index < -0.39 is 0 Å². The van der Waals surface area contributed by atoms with E-state index >= 15 is 0 Å². The van der Waals surface area contributed by atoms with Gasteiger partial charge in [0.25, 0.3) is 0 Å². The van der Waals surface area contributed by atoms with Gasteiger partial charge in [-0.25, -0.2) is 4.98 Å². The largest absolute Gasteiger partial charge is 0.261 e. The molecule has 0 aliphatic heterocycles. The molecule has 0 bridgehead atoms. The second kappa shape index (κ2) is 3.31. The SMILES string of the molecule is Clc1cc2c(cn1)CCc1ncccc1-2. The molecule has 3 rings (SSSR count). The summed E-state index contributed by atoms with van der Waals surface area (Å²) in [6.45, 7) is 0. The summed E-state index contributed by atoms with van der Waals surface area (Å²) in [5, 5.41) is 0.547. The molecule has 2 nitrogen and oxygen atoms in total. The Morgan fingerprint density at radius 1 is 1.13 bits per heavy atom. The Bertz CT molecular complexity index is 523. The van der Waals surface area contributed by atoms with E-state index in [2.05, 4.69) is 16.0 Å². The van der Waals surface area contributed by atoms with E-state index in [-0.39, 0.29) is 0 Å². The van der Waals surface area contributed by atoms with Crippen molar-refractivity contribution in [3.8, 4) is 11.1 Å². The van der Waals surface area contributed by atoms with Crippen LogP contribution < -0.4 is 0 Å². The summed E-state index contributed by atoms with van der Waals surface area (Å²) in [5.74, 6) is 0. The lowest BCUT2D eigenvalue weighted by Gasteiger charge is -2.18. The topological polar surface area (TPSA) is 25.8 Å². The third kappa shape index (κ3) is 1.41. The molecule has 15 heavy (non-hydrogen) atoms. The average molecular weight is 217 g/mol. The molecule has 0 spiro atoms. The minimum atomic E-state index is 0.547. The van der Waals surface area contributed by atoms with E-state index in [1.54, 1.807) is 0 Å². The fraction of sp³-hybridized carbons (Fsp3) is 0.167. The first-order chi connectivity index (χ1) is 7.34. The Labute approximate surface area is 93.0 Å². The average Bonchev–Trinajstić information content (AvgIpc) is 2.29. The van der Waals surface area contributed by atoms with Gasteiger partial charge in [0, 0.05) is 23.7 Å². The lowest BCUT2D eigenvalue weighted by molar-refractivity contribution is 0.889. The summed E-state index contributed by atoms with van der Waals surface area (Å²) in [5.41, 5.74) is 4.81. The lowest BCUT2D eigenvalue weighted by atomic mass is 9.90. The van der Waals surface area contributed by atoms with Crippen molar-refractivity contribution in [1.82, 2.24) is 9.97 Å². The molecule has 0 N–H and O–H groups in total. The van der Waals surface area contributed by atoms with Crippen molar-refractivity contribution in [2.45, 2.75) is 12.8 Å². The Hall–Kier alpha value is -1.41. The second-order valence-electron chi connectivity index (χ2n) is 3.66. The number of rotatable bonds is 0. The van der Waals surface area contributed by atoms with E-state index in [1.807, 2.05) is 24.5 Å². The van der Waals surface area contributed by atoms with Crippen molar-refractivity contribution in [2.24, 2.45) is 0 Å². The number of halogens is 1. The third-order valence-corrected chi connectivity index (χ3v) is 2.97. The van der Waals surface area contributed by atoms with Crippen LogP contribution >= 0.6 is 11.6 Å². The highest BCUT2D eigenvalue weighted by atomic mass is 35.5. The van der Waals surface area contributed by atoms with Crippen molar-refractivity contribution in [3.05, 3.63) is 47.0 Å². The Morgan fingerprint density at radius 2 is 2.07 bits per heavy atom. The summed E-state index contributed by atoms with van der Waals surface area (Å²) >= 11 is 5.91. The molecule has 1 aliphatic rings. The predicted molar refractivity (Wildman–Crippen MR) is 59.9 cm³/mol. The zero-order chi connectivity index (χ0) is 10.3. The van der Waals surface area contributed by atoms with Crippen LogP contribution in [0, 0.1) is 0 Å². The minimum absolute atomic E-state index is 0.547. The van der Waals surface area contributed by atoms with Crippen LogP contribution in [-0.4, -0.2) is 9.97 Å². The molecule has 0 fully saturated rings. The van der Waals surface area contributed by atoms with Crippen LogP contribution in [0.1, 0.15) is 11.3 Å². The molecule has 74 valence electrons. The van der Waals surface area contributed by atoms with Gasteiger partial charge in [0.15, 0.2) is 0 Å². The standard InChI is InChI=1S/C12H9ClN2/c13-12-6-10-8(7-15-12)3-4-11-9(10)2-1-5-14-11/h1-2,5-7H,3-4H2. The molecular formula is C12H9ClN2. The molecule has 2 heterocycles. The smallest absolute Gasteiger partial charge is 0.129 e. The van der Waals surface area contributed by atoms with E-state index in [4.69, 9.17) is 11.6 Å². The van der Waals surface area contributed by atoms with Crippen molar-refractivity contribution in [2.75, 3.05) is 0 Å². The molecule has 0 amide bonds. The first kappa shape index (κ1) is 8.86. The Kier molecular flexibility index (Phi) is 1.96. The van der Waals surface area contributed by atoms with Gasteiger partial charge in [0.05, 0.1) is 0 Å². The monoisotopic (exact) mass is 216 g/mol. The van der Waals surface area contributed by atoms with Gasteiger partial charge < -0.3 is 0 Å². The highest BCUT2D eigenvalue weighted by molar-refractivity contribution is 6.29. The minimum Gasteiger partial charge on any atom is -0.261 e. The Balaban J connectivity index is 2.28. The van der Waals surface area contributed by atoms with Crippen LogP contribution in [0.4, 0.5) is 0 Å². The second-order valence-corrected chi connectivity index (χ2v) is 4.05. The van der Waals surface area contributed by atoms with Crippen molar-refractivity contribution < 1.29 is 0 Å². The number of aromatic nitrogens is 2. The first-order valence-corrected chi connectivity index (χ1v) is 5.31. The molecule has 0 unspecified atom stereocenters. The highest BCUT2D eigenvalue weighted by Crippen LogP contribution is 2.32. The molecule has 0 atom stereocenters. The molecule has 0 saturated carbocycles. The maximum absolute atomic E-state index is 5.91. The summed E-state index contributed by atoms with van der Waals surface area (Å²) in [7, 11) is 0. The van der Waals surface area contributed by atoms with E-state index in [0.29, 0.717) is 5.15 Å². The van der Waals surface area contributed by atoms with Crippen molar-refractivity contribution in [3.63, 3.8) is 0 Å². The molecule has 2 aromatic rings. The van der Waals surface area contributed by atoms with Crippen LogP contribution in [0.25, 0.3) is 11.1 Å². The summed E-state index contributed by atoms with van der Waals surface area (Å²) in [4.78, 5) is 8.49. The molecule has 0 radical (unpaired) electrons. The van der Waals surface area contributed by atoms with E-state index in [9.17, 15) is 0 Å². The van der Waals surface area contributed by atoms with Gasteiger partial charge in [0.2, 0.25) is 0 Å². The number of hydrogen-bond donors (Lipinski definition) is 0. The molecule has 0 aromatic carbocycles. The van der Waals surface area contributed by atoms with Gasteiger partial charge in [-0.05, 0) is 36.1 Å². The maximum atomic E-state index is 5.91. The molecule has 1 aliphatic carbocycles. The van der Waals surface area contributed by atoms with Crippen molar-refractivity contribution in [1.29, 1.82) is 0 Å². The van der Waals surface area contributed by atoms with Gasteiger partial charge in [-0.15, -0.1) is 0 Å². The van der Waals surface area contributed by atoms with Crippen LogP contribution in [-0.2, 0) is 12.8 Å². The Morgan fingerprint density at radius 3 is 3.00 bits per heavy atom. The van der Waals surface area contributed by atoms with E-state index in [1.165, 1.54) is 16.7 Å². The number of hydrogen-bond acceptors (Lipinski definition) is 2. The summed E-state index contributed by atoms with van der Waals surface area (Å²) in [6.07, 6.45) is 5.70. The van der Waals surface area contributed by atoms with Crippen LogP contribution in [0.2, 0.25) is 5.15 Å². The van der Waals surface area contributed by atoms with Gasteiger partial charge in [-0.2, -0.15) is 0 Å². The molecule has 3 heteroatoms. The van der Waals surface area contributed by atoms with Crippen LogP contribution in [0.5, 0.6) is 0 Å². The van der Waals surface area contributed by atoms with Gasteiger partial charge in [-0.3, -0.25) is 4.98 Å². The summed E-state index contributed by atoms with van der Waals surface area (Å²) in [6, 6.07) is 5.98. The third-order valence-electron chi connectivity index (χ3n) is 2.76.